The van der Waals surface area contributed by atoms with Crippen LogP contribution in [-0.2, 0) is 22.6 Å². The summed E-state index contributed by atoms with van der Waals surface area (Å²) in [7, 11) is 1.42. The molecule has 4 heteroatoms. The number of esters is 1. The minimum Gasteiger partial charge on any atom is -0.488 e. The van der Waals surface area contributed by atoms with Crippen molar-refractivity contribution in [1.82, 2.24) is 4.98 Å². The Morgan fingerprint density at radius 1 is 0.771 bits per heavy atom. The summed E-state index contributed by atoms with van der Waals surface area (Å²) in [4.78, 5) is 14.9. The zero-order valence-corrected chi connectivity index (χ0v) is 19.7. The van der Waals surface area contributed by atoms with Gasteiger partial charge in [0.25, 0.3) is 0 Å². The lowest BCUT2D eigenvalue weighted by Crippen LogP contribution is -2.02. The number of hydrogen-bond acceptors (Lipinski definition) is 3. The molecule has 0 aliphatic rings. The predicted octanol–water partition coefficient (Wildman–Crippen LogP) is 7.19. The van der Waals surface area contributed by atoms with E-state index in [0.29, 0.717) is 19.4 Å². The fraction of sp³-hybridized carbons (Fsp3) is 0.129. The Bertz CT molecular complexity index is 1440. The van der Waals surface area contributed by atoms with Gasteiger partial charge in [0.05, 0.1) is 7.11 Å². The van der Waals surface area contributed by atoms with Crippen LogP contribution in [0.15, 0.2) is 103 Å². The molecule has 0 unspecified atom stereocenters. The number of rotatable bonds is 8. The molecule has 1 N–H and O–H groups in total. The lowest BCUT2D eigenvalue weighted by Gasteiger charge is -2.14. The molecule has 1 heterocycles. The van der Waals surface area contributed by atoms with E-state index >= 15 is 0 Å². The van der Waals surface area contributed by atoms with Gasteiger partial charge in [-0.25, -0.2) is 0 Å². The number of aryl methyl sites for hydroxylation is 1. The molecule has 0 atom stereocenters. The Balaban J connectivity index is 1.39. The molecule has 4 nitrogen and oxygen atoms in total. The molecule has 0 saturated carbocycles. The van der Waals surface area contributed by atoms with Gasteiger partial charge in [0.15, 0.2) is 0 Å². The predicted molar refractivity (Wildman–Crippen MR) is 140 cm³/mol. The third-order valence-electron chi connectivity index (χ3n) is 6.21. The van der Waals surface area contributed by atoms with Crippen LogP contribution in [0.2, 0.25) is 0 Å². The number of fused-ring (bicyclic) bond motifs is 1. The maximum Gasteiger partial charge on any atom is 0.305 e. The van der Waals surface area contributed by atoms with E-state index in [1.807, 2.05) is 36.5 Å². The number of methoxy groups -OCH3 is 1. The molecule has 4 aromatic carbocycles. The second kappa shape index (κ2) is 10.3. The normalized spacial score (nSPS) is 10.9. The first kappa shape index (κ1) is 22.5. The summed E-state index contributed by atoms with van der Waals surface area (Å²) < 4.78 is 11.1. The van der Waals surface area contributed by atoms with Gasteiger partial charge in [0.1, 0.15) is 12.4 Å². The molecule has 0 aliphatic heterocycles. The molecule has 0 amide bonds. The molecular formula is C31H27NO3. The van der Waals surface area contributed by atoms with Crippen molar-refractivity contribution in [3.8, 4) is 28.0 Å². The second-order valence-corrected chi connectivity index (χ2v) is 8.54. The smallest absolute Gasteiger partial charge is 0.305 e. The Kier molecular flexibility index (Phi) is 6.62. The van der Waals surface area contributed by atoms with Crippen molar-refractivity contribution in [2.75, 3.05) is 7.11 Å². The van der Waals surface area contributed by atoms with Crippen molar-refractivity contribution in [3.05, 3.63) is 114 Å². The second-order valence-electron chi connectivity index (χ2n) is 8.54. The molecule has 5 rings (SSSR count). The molecular weight excluding hydrogens is 434 g/mol. The molecule has 0 spiro atoms. The van der Waals surface area contributed by atoms with E-state index in [4.69, 9.17) is 9.47 Å². The summed E-state index contributed by atoms with van der Waals surface area (Å²) in [6, 6.07) is 33.4. The van der Waals surface area contributed by atoms with Crippen LogP contribution in [0.5, 0.6) is 5.75 Å². The van der Waals surface area contributed by atoms with Crippen molar-refractivity contribution >= 4 is 16.9 Å². The van der Waals surface area contributed by atoms with E-state index in [9.17, 15) is 4.79 Å². The number of nitrogens with one attached hydrogen (secondary N) is 1. The van der Waals surface area contributed by atoms with Gasteiger partial charge in [-0.3, -0.25) is 4.79 Å². The Morgan fingerprint density at radius 3 is 2.31 bits per heavy atom. The van der Waals surface area contributed by atoms with Crippen molar-refractivity contribution in [1.29, 1.82) is 0 Å². The summed E-state index contributed by atoms with van der Waals surface area (Å²) in [5.74, 6) is 0.605. The van der Waals surface area contributed by atoms with E-state index in [1.54, 1.807) is 0 Å². The maximum absolute atomic E-state index is 11.6. The summed E-state index contributed by atoms with van der Waals surface area (Å²) in [5, 5.41) is 1.14. The van der Waals surface area contributed by atoms with E-state index in [1.165, 1.54) is 18.2 Å². The minimum absolute atomic E-state index is 0.209. The third kappa shape index (κ3) is 5.28. The average molecular weight is 462 g/mol. The highest BCUT2D eigenvalue weighted by Crippen LogP contribution is 2.34. The third-order valence-corrected chi connectivity index (χ3v) is 6.21. The molecule has 35 heavy (non-hydrogen) atoms. The number of aromatic amines is 1. The average Bonchev–Trinajstić information content (AvgIpc) is 3.39. The summed E-state index contributed by atoms with van der Waals surface area (Å²) in [5.41, 5.74) is 7.74. The van der Waals surface area contributed by atoms with E-state index in [2.05, 4.69) is 71.7 Å². The van der Waals surface area contributed by atoms with Gasteiger partial charge >= 0.3 is 5.97 Å². The molecule has 1 aromatic heterocycles. The number of benzene rings is 4. The van der Waals surface area contributed by atoms with Gasteiger partial charge in [-0.2, -0.15) is 0 Å². The number of hydrogen-bond donors (Lipinski definition) is 1. The molecule has 0 saturated heterocycles. The first-order valence-corrected chi connectivity index (χ1v) is 11.7. The number of aromatic nitrogens is 1. The fourth-order valence-electron chi connectivity index (χ4n) is 4.24. The van der Waals surface area contributed by atoms with E-state index in [0.717, 1.165) is 38.9 Å². The van der Waals surface area contributed by atoms with Gasteiger partial charge in [0, 0.05) is 23.7 Å². The summed E-state index contributed by atoms with van der Waals surface area (Å²) in [6.07, 6.45) is 2.91. The molecule has 5 aromatic rings. The van der Waals surface area contributed by atoms with Gasteiger partial charge < -0.3 is 14.5 Å². The van der Waals surface area contributed by atoms with Gasteiger partial charge in [-0.15, -0.1) is 0 Å². The highest BCUT2D eigenvalue weighted by Gasteiger charge is 2.11. The maximum atomic E-state index is 11.6. The largest absolute Gasteiger partial charge is 0.488 e. The zero-order chi connectivity index (χ0) is 24.0. The molecule has 0 aliphatic carbocycles. The minimum atomic E-state index is -0.209. The van der Waals surface area contributed by atoms with Crippen LogP contribution in [0.25, 0.3) is 33.2 Å². The Hall–Kier alpha value is -4.31. The van der Waals surface area contributed by atoms with Crippen LogP contribution in [0.3, 0.4) is 0 Å². The zero-order valence-electron chi connectivity index (χ0n) is 19.7. The van der Waals surface area contributed by atoms with Crippen molar-refractivity contribution in [3.63, 3.8) is 0 Å². The molecule has 174 valence electrons. The summed E-state index contributed by atoms with van der Waals surface area (Å²) >= 11 is 0. The van der Waals surface area contributed by atoms with Crippen molar-refractivity contribution in [2.24, 2.45) is 0 Å². The van der Waals surface area contributed by atoms with Crippen molar-refractivity contribution < 1.29 is 14.3 Å². The van der Waals surface area contributed by atoms with Crippen LogP contribution < -0.4 is 4.74 Å². The monoisotopic (exact) mass is 461 g/mol. The molecule has 0 radical (unpaired) electrons. The van der Waals surface area contributed by atoms with E-state index in [-0.39, 0.29) is 5.97 Å². The van der Waals surface area contributed by atoms with E-state index < -0.39 is 0 Å². The van der Waals surface area contributed by atoms with Crippen molar-refractivity contribution in [2.45, 2.75) is 19.4 Å². The SMILES string of the molecule is COC(=O)CCc1ccc(OCc2ccc(-c3ccccc3)cc2)c(-c2ccc3[nH]ccc3c2)c1. The summed E-state index contributed by atoms with van der Waals surface area (Å²) in [6.45, 7) is 0.468. The Morgan fingerprint density at radius 2 is 1.51 bits per heavy atom. The van der Waals surface area contributed by atoms with Gasteiger partial charge in [0.2, 0.25) is 0 Å². The molecule has 0 fully saturated rings. The first-order chi connectivity index (χ1) is 17.2. The first-order valence-electron chi connectivity index (χ1n) is 11.7. The van der Waals surface area contributed by atoms with Crippen LogP contribution in [0.4, 0.5) is 0 Å². The van der Waals surface area contributed by atoms with Crippen LogP contribution in [0.1, 0.15) is 17.5 Å². The topological polar surface area (TPSA) is 51.3 Å². The number of H-pyrrole nitrogens is 1. The Labute approximate surface area is 205 Å². The highest BCUT2D eigenvalue weighted by atomic mass is 16.5. The number of carbonyl (C=O) groups is 1. The number of ether oxygens (including phenoxy) is 2. The highest BCUT2D eigenvalue weighted by molar-refractivity contribution is 5.86. The lowest BCUT2D eigenvalue weighted by atomic mass is 9.98. The standard InChI is InChI=1S/C31H27NO3/c1-34-31(33)16-10-22-9-15-30(28(19-22)26-13-14-29-27(20-26)17-18-32-29)35-21-23-7-11-25(12-8-23)24-5-3-2-4-6-24/h2-9,11-15,17-20,32H,10,16,21H2,1H3. The number of carbonyl (C=O) groups excluding carboxylic acids is 1. The quantitative estimate of drug-likeness (QED) is 0.249. The van der Waals surface area contributed by atoms with Crippen LogP contribution in [0, 0.1) is 0 Å². The fourth-order valence-corrected chi connectivity index (χ4v) is 4.24. The van der Waals surface area contributed by atoms with Crippen LogP contribution in [-0.4, -0.2) is 18.1 Å². The van der Waals surface area contributed by atoms with Crippen LogP contribution >= 0.6 is 0 Å². The van der Waals surface area contributed by atoms with Gasteiger partial charge in [-0.05, 0) is 70.0 Å². The lowest BCUT2D eigenvalue weighted by molar-refractivity contribution is -0.140. The van der Waals surface area contributed by atoms with Gasteiger partial charge in [-0.1, -0.05) is 66.7 Å². The molecule has 0 bridgehead atoms.